The maximum absolute atomic E-state index is 14.9. The van der Waals surface area contributed by atoms with E-state index >= 15 is 0 Å². The Kier molecular flexibility index (Phi) is 7.51. The summed E-state index contributed by atoms with van der Waals surface area (Å²) in [5.74, 6) is -0.593. The zero-order chi connectivity index (χ0) is 24.4. The first-order chi connectivity index (χ1) is 15.3. The second-order valence-corrected chi connectivity index (χ2v) is 16.5. The lowest BCUT2D eigenvalue weighted by Crippen LogP contribution is -2.43. The second kappa shape index (κ2) is 9.68. The molecule has 1 saturated carbocycles. The van der Waals surface area contributed by atoms with Crippen molar-refractivity contribution in [1.29, 1.82) is 0 Å². The highest BCUT2D eigenvalue weighted by molar-refractivity contribution is 7.86. The van der Waals surface area contributed by atoms with Crippen molar-refractivity contribution in [3.63, 3.8) is 0 Å². The zero-order valence-electron chi connectivity index (χ0n) is 20.3. The summed E-state index contributed by atoms with van der Waals surface area (Å²) in [6.07, 6.45) is 1.56. The molecule has 0 bridgehead atoms. The van der Waals surface area contributed by atoms with Gasteiger partial charge in [-0.2, -0.15) is 8.42 Å². The van der Waals surface area contributed by atoms with Gasteiger partial charge in [-0.3, -0.25) is 4.28 Å². The fourth-order valence-corrected chi connectivity index (χ4v) is 5.73. The van der Waals surface area contributed by atoms with Gasteiger partial charge in [0.2, 0.25) is 0 Å². The van der Waals surface area contributed by atoms with Crippen LogP contribution in [0.25, 0.3) is 0 Å². The van der Waals surface area contributed by atoms with Gasteiger partial charge in [-0.25, -0.2) is 4.39 Å². The molecular weight excluding hydrogens is 457 g/mol. The van der Waals surface area contributed by atoms with Crippen molar-refractivity contribution in [2.45, 2.75) is 76.1 Å². The van der Waals surface area contributed by atoms with Crippen molar-refractivity contribution in [2.75, 3.05) is 0 Å². The first kappa shape index (κ1) is 25.6. The summed E-state index contributed by atoms with van der Waals surface area (Å²) in [5, 5.41) is 4.01. The van der Waals surface area contributed by atoms with Crippen LogP contribution in [0.5, 0.6) is 0 Å². The summed E-state index contributed by atoms with van der Waals surface area (Å²) in [4.78, 5) is 0.0511. The number of halogens is 1. The van der Waals surface area contributed by atoms with E-state index in [1.165, 1.54) is 18.2 Å². The highest BCUT2D eigenvalue weighted by Crippen LogP contribution is 2.45. The highest BCUT2D eigenvalue weighted by atomic mass is 32.2. The molecular formula is C25H34FNO4SSi. The van der Waals surface area contributed by atoms with E-state index < -0.39 is 24.5 Å². The molecule has 0 heterocycles. The average molecular weight is 492 g/mol. The monoisotopic (exact) mass is 491 g/mol. The van der Waals surface area contributed by atoms with Crippen LogP contribution in [0.15, 0.2) is 58.6 Å². The molecule has 5 nitrogen and oxygen atoms in total. The minimum Gasteiger partial charge on any atom is -0.409 e. The smallest absolute Gasteiger partial charge is 0.358 e. The van der Waals surface area contributed by atoms with Crippen molar-refractivity contribution < 1.29 is 21.5 Å². The number of hydrogen-bond acceptors (Lipinski definition) is 5. The molecule has 0 amide bonds. The molecule has 1 aliphatic carbocycles. The lowest BCUT2D eigenvalue weighted by molar-refractivity contribution is 0.142. The largest absolute Gasteiger partial charge is 0.409 e. The van der Waals surface area contributed by atoms with Crippen molar-refractivity contribution in [3.8, 4) is 0 Å². The van der Waals surface area contributed by atoms with E-state index in [0.29, 0.717) is 17.7 Å². The van der Waals surface area contributed by atoms with Crippen LogP contribution in [-0.4, -0.2) is 22.4 Å². The van der Waals surface area contributed by atoms with Crippen LogP contribution in [0.2, 0.25) is 18.1 Å². The standard InChI is InChI=1S/C25H34FNO4SSi/c1-18-14-16-19(17-15-18)32(28,29)31-27-23-13-9-11-21(23)24(20-10-7-8-12-22(20)26)30-33(5,6)25(2,3)4/h7-8,10,12,14-17,21,24H,9,11,13H2,1-6H3/b27-23+. The highest BCUT2D eigenvalue weighted by Gasteiger charge is 2.44. The van der Waals surface area contributed by atoms with Crippen LogP contribution in [0, 0.1) is 18.7 Å². The first-order valence-corrected chi connectivity index (χ1v) is 15.6. The van der Waals surface area contributed by atoms with Crippen LogP contribution in [0.3, 0.4) is 0 Å². The average Bonchev–Trinajstić information content (AvgIpc) is 3.19. The molecule has 33 heavy (non-hydrogen) atoms. The fraction of sp³-hybridized carbons (Fsp3) is 0.480. The van der Waals surface area contributed by atoms with Crippen LogP contribution in [-0.2, 0) is 18.8 Å². The van der Waals surface area contributed by atoms with Crippen LogP contribution in [0.4, 0.5) is 4.39 Å². The molecule has 8 heteroatoms. The maximum Gasteiger partial charge on any atom is 0.358 e. The Morgan fingerprint density at radius 2 is 1.73 bits per heavy atom. The van der Waals surface area contributed by atoms with E-state index in [2.05, 4.69) is 39.0 Å². The van der Waals surface area contributed by atoms with Gasteiger partial charge in [0.05, 0.1) is 11.8 Å². The molecule has 0 N–H and O–H groups in total. The molecule has 180 valence electrons. The summed E-state index contributed by atoms with van der Waals surface area (Å²) in [5.41, 5.74) is 2.02. The molecule has 2 unspecified atom stereocenters. The van der Waals surface area contributed by atoms with Gasteiger partial charge < -0.3 is 4.43 Å². The van der Waals surface area contributed by atoms with Gasteiger partial charge in [0.15, 0.2) is 8.32 Å². The number of benzene rings is 2. The summed E-state index contributed by atoms with van der Waals surface area (Å²) < 4.78 is 52.0. The van der Waals surface area contributed by atoms with Crippen LogP contribution in [0.1, 0.15) is 57.3 Å². The minimum absolute atomic E-state index is 0.0511. The van der Waals surface area contributed by atoms with Crippen LogP contribution < -0.4 is 0 Å². The molecule has 1 fully saturated rings. The fourth-order valence-electron chi connectivity index (χ4n) is 3.70. The molecule has 2 aromatic rings. The second-order valence-electron chi connectivity index (χ2n) is 10.2. The molecule has 0 radical (unpaired) electrons. The SMILES string of the molecule is Cc1ccc(S(=O)(=O)O/N=C2\CCCC2C(O[Si](C)(C)C(C)(C)C)c2ccccc2F)cc1. The Morgan fingerprint density at radius 1 is 1.09 bits per heavy atom. The molecule has 2 aromatic carbocycles. The Hall–Kier alpha value is -2.03. The van der Waals surface area contributed by atoms with E-state index in [9.17, 15) is 12.8 Å². The number of aryl methyl sites for hydroxylation is 1. The van der Waals surface area contributed by atoms with Gasteiger partial charge in [0.25, 0.3) is 0 Å². The molecule has 0 spiro atoms. The third kappa shape index (κ3) is 5.91. The van der Waals surface area contributed by atoms with Gasteiger partial charge in [0.1, 0.15) is 10.7 Å². The Labute approximate surface area is 198 Å². The van der Waals surface area contributed by atoms with E-state index in [1.54, 1.807) is 30.3 Å². The van der Waals surface area contributed by atoms with Gasteiger partial charge in [-0.1, -0.05) is 61.8 Å². The predicted molar refractivity (Wildman–Crippen MR) is 132 cm³/mol. The lowest BCUT2D eigenvalue weighted by Gasteiger charge is -2.41. The van der Waals surface area contributed by atoms with Crippen LogP contribution >= 0.6 is 0 Å². The normalized spacial score (nSPS) is 19.6. The molecule has 0 saturated heterocycles. The Balaban J connectivity index is 1.94. The number of oxime groups is 1. The van der Waals surface area contributed by atoms with Gasteiger partial charge >= 0.3 is 10.1 Å². The van der Waals surface area contributed by atoms with E-state index in [1.807, 2.05) is 6.92 Å². The number of rotatable bonds is 7. The Bertz CT molecular complexity index is 1110. The van der Waals surface area contributed by atoms with E-state index in [0.717, 1.165) is 18.4 Å². The topological polar surface area (TPSA) is 65.0 Å². The summed E-state index contributed by atoms with van der Waals surface area (Å²) in [6.45, 7) is 12.6. The van der Waals surface area contributed by atoms with E-state index in [4.69, 9.17) is 8.71 Å². The quantitative estimate of drug-likeness (QED) is 0.317. The Morgan fingerprint density at radius 3 is 2.33 bits per heavy atom. The van der Waals surface area contributed by atoms with Crippen molar-refractivity contribution >= 4 is 24.1 Å². The van der Waals surface area contributed by atoms with Crippen molar-refractivity contribution in [3.05, 3.63) is 65.5 Å². The van der Waals surface area contributed by atoms with Crippen molar-refractivity contribution in [1.82, 2.24) is 0 Å². The molecule has 3 rings (SSSR count). The van der Waals surface area contributed by atoms with Gasteiger partial charge in [-0.05, 0) is 62.5 Å². The van der Waals surface area contributed by atoms with Crippen molar-refractivity contribution in [2.24, 2.45) is 11.1 Å². The minimum atomic E-state index is -4.04. The summed E-state index contributed by atoms with van der Waals surface area (Å²) >= 11 is 0. The zero-order valence-corrected chi connectivity index (χ0v) is 22.1. The number of nitrogens with zero attached hydrogens (tertiary/aromatic N) is 1. The lowest BCUT2D eigenvalue weighted by atomic mass is 9.93. The number of hydrogen-bond donors (Lipinski definition) is 0. The van der Waals surface area contributed by atoms with Gasteiger partial charge in [0, 0.05) is 11.5 Å². The molecule has 0 aliphatic heterocycles. The third-order valence-electron chi connectivity index (χ3n) is 6.74. The first-order valence-electron chi connectivity index (χ1n) is 11.3. The summed E-state index contributed by atoms with van der Waals surface area (Å²) in [6, 6.07) is 13.0. The van der Waals surface area contributed by atoms with Gasteiger partial charge in [-0.15, -0.1) is 0 Å². The molecule has 0 aromatic heterocycles. The summed E-state index contributed by atoms with van der Waals surface area (Å²) in [7, 11) is -6.31. The van der Waals surface area contributed by atoms with E-state index in [-0.39, 0.29) is 21.7 Å². The molecule has 2 atom stereocenters. The maximum atomic E-state index is 14.9. The molecule has 1 aliphatic rings. The third-order valence-corrected chi connectivity index (χ3v) is 12.3. The predicted octanol–water partition coefficient (Wildman–Crippen LogP) is 6.76.